The van der Waals surface area contributed by atoms with Crippen LogP contribution < -0.4 is 11.5 Å². The number of nitrogen functional groups attached to an aromatic ring is 2. The molecule has 0 aromatic heterocycles. The lowest BCUT2D eigenvalue weighted by Crippen LogP contribution is -1.97. The van der Waals surface area contributed by atoms with Gasteiger partial charge < -0.3 is 11.5 Å². The molecule has 0 saturated carbocycles. The zero-order valence-corrected chi connectivity index (χ0v) is 28.3. The minimum Gasteiger partial charge on any atom is -0.399 e. The van der Waals surface area contributed by atoms with Crippen LogP contribution in [0.2, 0.25) is 0 Å². The molecule has 0 radical (unpaired) electrons. The summed E-state index contributed by atoms with van der Waals surface area (Å²) < 4.78 is 0. The normalized spacial score (nSPS) is 11.2. The Kier molecular flexibility index (Phi) is 14.6. The van der Waals surface area contributed by atoms with Gasteiger partial charge in [0.25, 0.3) is 0 Å². The van der Waals surface area contributed by atoms with Crippen LogP contribution in [0.15, 0.2) is 84.9 Å². The van der Waals surface area contributed by atoms with Crippen LogP contribution >= 0.6 is 0 Å². The number of unbranched alkanes of at least 4 members (excludes halogenated alkanes) is 10. The van der Waals surface area contributed by atoms with Crippen molar-refractivity contribution >= 4 is 11.4 Å². The number of nitrogens with two attached hydrogens (primary N) is 2. The second-order valence-electron chi connectivity index (χ2n) is 13.1. The van der Waals surface area contributed by atoms with Crippen molar-refractivity contribution in [3.05, 3.63) is 129 Å². The topological polar surface area (TPSA) is 52.0 Å². The highest BCUT2D eigenvalue weighted by Gasteiger charge is 2.05. The lowest BCUT2D eigenvalue weighted by Gasteiger charge is -2.10. The van der Waals surface area contributed by atoms with Gasteiger partial charge in [0.15, 0.2) is 0 Å². The van der Waals surface area contributed by atoms with Gasteiger partial charge in [0, 0.05) is 11.4 Å². The summed E-state index contributed by atoms with van der Waals surface area (Å²) in [6, 6.07) is 31.3. The number of hydrogen-bond acceptors (Lipinski definition) is 2. The molecule has 0 aliphatic rings. The van der Waals surface area contributed by atoms with E-state index in [1.165, 1.54) is 128 Å². The van der Waals surface area contributed by atoms with E-state index in [1.807, 2.05) is 12.1 Å². The molecule has 0 amide bonds. The third kappa shape index (κ3) is 12.1. The van der Waals surface area contributed by atoms with Crippen molar-refractivity contribution in [2.45, 2.75) is 123 Å². The first-order chi connectivity index (χ1) is 22.0. The van der Waals surface area contributed by atoms with Crippen LogP contribution in [0, 0.1) is 0 Å². The monoisotopic (exact) mass is 602 g/mol. The molecule has 0 unspecified atom stereocenters. The van der Waals surface area contributed by atoms with Gasteiger partial charge in [-0.25, -0.2) is 0 Å². The predicted molar refractivity (Wildman–Crippen MR) is 197 cm³/mol. The Morgan fingerprint density at radius 2 is 0.667 bits per heavy atom. The number of aryl methyl sites for hydroxylation is 4. The van der Waals surface area contributed by atoms with Gasteiger partial charge in [0.1, 0.15) is 0 Å². The van der Waals surface area contributed by atoms with Crippen molar-refractivity contribution in [3.63, 3.8) is 0 Å². The summed E-state index contributed by atoms with van der Waals surface area (Å²) in [5, 5.41) is 0. The lowest BCUT2D eigenvalue weighted by molar-refractivity contribution is 0.545. The zero-order valence-electron chi connectivity index (χ0n) is 28.3. The Morgan fingerprint density at radius 1 is 0.356 bits per heavy atom. The predicted octanol–water partition coefficient (Wildman–Crippen LogP) is 11.2. The number of hydrogen-bond donors (Lipinski definition) is 2. The first-order valence-electron chi connectivity index (χ1n) is 17.9. The fourth-order valence-corrected chi connectivity index (χ4v) is 6.63. The Morgan fingerprint density at radius 3 is 1.00 bits per heavy atom. The molecule has 0 aliphatic heterocycles. The summed E-state index contributed by atoms with van der Waals surface area (Å²) in [5.41, 5.74) is 24.9. The highest BCUT2D eigenvalue weighted by Crippen LogP contribution is 2.21. The fourth-order valence-electron chi connectivity index (χ4n) is 6.63. The molecule has 0 spiro atoms. The maximum Gasteiger partial charge on any atom is 0.0316 e. The van der Waals surface area contributed by atoms with Gasteiger partial charge in [-0.15, -0.1) is 0 Å². The van der Waals surface area contributed by atoms with Gasteiger partial charge in [-0.3, -0.25) is 0 Å². The molecular formula is C43H58N2. The molecule has 45 heavy (non-hydrogen) atoms. The smallest absolute Gasteiger partial charge is 0.0316 e. The van der Waals surface area contributed by atoms with Crippen molar-refractivity contribution in [2.75, 3.05) is 11.5 Å². The Bertz CT molecular complexity index is 1290. The van der Waals surface area contributed by atoms with E-state index >= 15 is 0 Å². The molecule has 4 N–H and O–H groups in total. The maximum absolute atomic E-state index is 5.97. The summed E-state index contributed by atoms with van der Waals surface area (Å²) in [6.45, 7) is 4.41. The van der Waals surface area contributed by atoms with Crippen LogP contribution in [0.5, 0.6) is 0 Å². The standard InChI is InChI=1S/C43H58N2/c1-3-38-32-42(44)28-26-40(38)30-36-22-18-34(19-23-36)16-14-12-10-8-6-5-7-9-11-13-15-17-35-20-24-37(25-21-35)31-41-27-29-43(45)33-39(41)4-2/h18-29,32-33H,3-17,30-31,44-45H2,1-2H3. The first-order valence-corrected chi connectivity index (χ1v) is 17.9. The maximum atomic E-state index is 5.97. The van der Waals surface area contributed by atoms with E-state index in [9.17, 15) is 0 Å². The van der Waals surface area contributed by atoms with Gasteiger partial charge in [-0.1, -0.05) is 132 Å². The van der Waals surface area contributed by atoms with Crippen LogP contribution in [0.3, 0.4) is 0 Å². The Hall–Kier alpha value is -3.52. The van der Waals surface area contributed by atoms with E-state index in [2.05, 4.69) is 86.6 Å². The largest absolute Gasteiger partial charge is 0.399 e. The first kappa shape index (κ1) is 34.4. The van der Waals surface area contributed by atoms with E-state index < -0.39 is 0 Å². The molecule has 2 nitrogen and oxygen atoms in total. The number of anilines is 2. The van der Waals surface area contributed by atoms with Gasteiger partial charge in [-0.05, 0) is 120 Å². The highest BCUT2D eigenvalue weighted by atomic mass is 14.5. The highest BCUT2D eigenvalue weighted by molar-refractivity contribution is 5.47. The van der Waals surface area contributed by atoms with Crippen molar-refractivity contribution in [1.29, 1.82) is 0 Å². The molecule has 0 bridgehead atoms. The number of rotatable bonds is 20. The molecule has 2 heteroatoms. The van der Waals surface area contributed by atoms with Gasteiger partial charge >= 0.3 is 0 Å². The second-order valence-corrected chi connectivity index (χ2v) is 13.1. The average Bonchev–Trinajstić information content (AvgIpc) is 3.06. The van der Waals surface area contributed by atoms with Gasteiger partial charge in [0.2, 0.25) is 0 Å². The molecule has 240 valence electrons. The van der Waals surface area contributed by atoms with E-state index in [0.29, 0.717) is 0 Å². The van der Waals surface area contributed by atoms with E-state index in [1.54, 1.807) is 0 Å². The molecule has 0 saturated heterocycles. The van der Waals surface area contributed by atoms with E-state index in [-0.39, 0.29) is 0 Å². The van der Waals surface area contributed by atoms with Crippen molar-refractivity contribution < 1.29 is 0 Å². The lowest BCUT2D eigenvalue weighted by atomic mass is 9.96. The molecule has 0 heterocycles. The molecule has 0 fully saturated rings. The van der Waals surface area contributed by atoms with Gasteiger partial charge in [-0.2, -0.15) is 0 Å². The van der Waals surface area contributed by atoms with Crippen molar-refractivity contribution in [2.24, 2.45) is 0 Å². The van der Waals surface area contributed by atoms with Crippen LogP contribution in [0.1, 0.15) is 129 Å². The second kappa shape index (κ2) is 19.1. The molecule has 0 aliphatic carbocycles. The molecule has 4 rings (SSSR count). The van der Waals surface area contributed by atoms with Crippen molar-refractivity contribution in [1.82, 2.24) is 0 Å². The zero-order chi connectivity index (χ0) is 31.7. The fraction of sp³-hybridized carbons (Fsp3) is 0.442. The third-order valence-corrected chi connectivity index (χ3v) is 9.49. The van der Waals surface area contributed by atoms with Crippen LogP contribution in [-0.2, 0) is 38.5 Å². The minimum absolute atomic E-state index is 0.864. The summed E-state index contributed by atoms with van der Waals surface area (Å²) >= 11 is 0. The third-order valence-electron chi connectivity index (χ3n) is 9.49. The SMILES string of the molecule is CCc1cc(N)ccc1Cc1ccc(CCCCCCCCCCCCCc2ccc(Cc3ccc(N)cc3CC)cc2)cc1. The van der Waals surface area contributed by atoms with Crippen molar-refractivity contribution in [3.8, 4) is 0 Å². The van der Waals surface area contributed by atoms with Gasteiger partial charge in [0.05, 0.1) is 0 Å². The van der Waals surface area contributed by atoms with Crippen LogP contribution in [0.4, 0.5) is 11.4 Å². The van der Waals surface area contributed by atoms with E-state index in [0.717, 1.165) is 37.1 Å². The van der Waals surface area contributed by atoms with Crippen LogP contribution in [0.25, 0.3) is 0 Å². The number of benzene rings is 4. The minimum atomic E-state index is 0.864. The average molecular weight is 603 g/mol. The Balaban J connectivity index is 0.975. The van der Waals surface area contributed by atoms with E-state index in [4.69, 9.17) is 11.5 Å². The Labute approximate surface area is 274 Å². The van der Waals surface area contributed by atoms with Crippen LogP contribution in [-0.4, -0.2) is 0 Å². The summed E-state index contributed by atoms with van der Waals surface area (Å²) in [5.74, 6) is 0. The molecular weight excluding hydrogens is 544 g/mol. The quantitative estimate of drug-likeness (QED) is 0.0781. The summed E-state index contributed by atoms with van der Waals surface area (Å²) in [7, 11) is 0. The summed E-state index contributed by atoms with van der Waals surface area (Å²) in [4.78, 5) is 0. The molecule has 0 atom stereocenters. The summed E-state index contributed by atoms with van der Waals surface area (Å²) in [6.07, 6.45) is 21.6. The molecule has 4 aromatic carbocycles. The molecule has 4 aromatic rings.